The zero-order valence-corrected chi connectivity index (χ0v) is 30.4. The van der Waals surface area contributed by atoms with E-state index in [1.54, 1.807) is 0 Å². The van der Waals surface area contributed by atoms with Crippen molar-refractivity contribution in [2.24, 2.45) is 0 Å². The number of dihydropyridines is 1. The van der Waals surface area contributed by atoms with Crippen LogP contribution in [0.4, 0.5) is 0 Å². The average molecular weight is 712 g/mol. The molecule has 0 saturated carbocycles. The molecule has 56 heavy (non-hydrogen) atoms. The Kier molecular flexibility index (Phi) is 6.69. The van der Waals surface area contributed by atoms with Crippen LogP contribution in [0.25, 0.3) is 99.6 Å². The second-order valence-corrected chi connectivity index (χ2v) is 15.0. The van der Waals surface area contributed by atoms with E-state index in [0.717, 1.165) is 28.0 Å². The lowest BCUT2D eigenvalue weighted by molar-refractivity contribution is 0.761. The summed E-state index contributed by atoms with van der Waals surface area (Å²) in [5.74, 6) is 0. The van der Waals surface area contributed by atoms with E-state index in [0.29, 0.717) is 0 Å². The van der Waals surface area contributed by atoms with E-state index >= 15 is 0 Å². The van der Waals surface area contributed by atoms with Gasteiger partial charge in [-0.25, -0.2) is 0 Å². The lowest BCUT2D eigenvalue weighted by atomic mass is 9.86. The molecular formula is C53H33N3. The third-order valence-corrected chi connectivity index (χ3v) is 12.0. The highest BCUT2D eigenvalue weighted by Crippen LogP contribution is 2.52. The molecule has 0 radical (unpaired) electrons. The molecule has 3 heteroatoms. The van der Waals surface area contributed by atoms with Crippen LogP contribution in [-0.2, 0) is 0 Å². The fourth-order valence-electron chi connectivity index (χ4n) is 9.47. The minimum Gasteiger partial charge on any atom is -0.374 e. The quantitative estimate of drug-likeness (QED) is 0.193. The molecule has 1 aliphatic heterocycles. The number of fused-ring (bicyclic) bond motifs is 6. The maximum Gasteiger partial charge on any atom is 0.0722 e. The standard InChI is InChI=1S/C53H33N3/c1-3-13-42-40(11-1)46-17-5-15-44-38(19-21-48(42)52(44)46)36-25-34(35-28-50(32-9-7-23-54-30-32)56-51(29-35)33-10-8-24-55-31-33)26-37(27-36)39-20-22-49-43-14-4-2-12-41(43)47-18-6-16-45(39)53(47)49/h1-31,50,56H. The van der Waals surface area contributed by atoms with E-state index in [1.165, 1.54) is 88.3 Å². The highest BCUT2D eigenvalue weighted by atomic mass is 14.9. The number of nitrogens with zero attached hydrogens (tertiary/aromatic N) is 2. The number of allylic oxidation sites excluding steroid dienone is 2. The third kappa shape index (κ3) is 4.64. The summed E-state index contributed by atoms with van der Waals surface area (Å²) in [6, 6.07) is 55.9. The Hall–Kier alpha value is -7.36. The molecule has 260 valence electrons. The predicted octanol–water partition coefficient (Wildman–Crippen LogP) is 13.2. The van der Waals surface area contributed by atoms with Gasteiger partial charge in [0.1, 0.15) is 0 Å². The van der Waals surface area contributed by atoms with Crippen molar-refractivity contribution in [2.45, 2.75) is 6.04 Å². The Labute approximate surface area is 325 Å². The van der Waals surface area contributed by atoms with Crippen LogP contribution in [0.3, 0.4) is 0 Å². The first-order chi connectivity index (χ1) is 27.8. The summed E-state index contributed by atoms with van der Waals surface area (Å²) in [7, 11) is 0. The van der Waals surface area contributed by atoms with Crippen molar-refractivity contribution in [1.82, 2.24) is 15.3 Å². The van der Waals surface area contributed by atoms with Crippen molar-refractivity contribution in [3.8, 4) is 66.8 Å². The first-order valence-electron chi connectivity index (χ1n) is 19.2. The predicted molar refractivity (Wildman–Crippen MR) is 231 cm³/mol. The summed E-state index contributed by atoms with van der Waals surface area (Å²) in [5, 5.41) is 9.00. The molecule has 1 atom stereocenters. The zero-order chi connectivity index (χ0) is 36.7. The summed E-state index contributed by atoms with van der Waals surface area (Å²) in [4.78, 5) is 8.97. The van der Waals surface area contributed by atoms with E-state index in [-0.39, 0.29) is 6.04 Å². The molecule has 3 nitrogen and oxygen atoms in total. The third-order valence-electron chi connectivity index (χ3n) is 12.0. The molecule has 12 rings (SSSR count). The molecule has 9 aromatic rings. The van der Waals surface area contributed by atoms with Crippen molar-refractivity contribution in [1.29, 1.82) is 0 Å². The maximum atomic E-state index is 4.49. The number of hydrogen-bond donors (Lipinski definition) is 1. The Morgan fingerprint density at radius 2 is 0.893 bits per heavy atom. The summed E-state index contributed by atoms with van der Waals surface area (Å²) < 4.78 is 0. The maximum absolute atomic E-state index is 4.49. The second-order valence-electron chi connectivity index (χ2n) is 15.0. The van der Waals surface area contributed by atoms with Crippen molar-refractivity contribution in [3.05, 3.63) is 205 Å². The molecule has 3 heterocycles. The van der Waals surface area contributed by atoms with E-state index in [1.807, 2.05) is 36.9 Å². The number of rotatable bonds is 5. The van der Waals surface area contributed by atoms with Crippen LogP contribution in [0.1, 0.15) is 22.7 Å². The molecular weight excluding hydrogens is 679 g/mol. The van der Waals surface area contributed by atoms with Crippen LogP contribution >= 0.6 is 0 Å². The highest BCUT2D eigenvalue weighted by molar-refractivity contribution is 6.20. The number of benzene rings is 7. The Morgan fingerprint density at radius 3 is 1.43 bits per heavy atom. The van der Waals surface area contributed by atoms with Crippen molar-refractivity contribution in [2.75, 3.05) is 0 Å². The number of nitrogens with one attached hydrogen (secondary N) is 1. The minimum atomic E-state index is -0.0726. The first-order valence-corrected chi connectivity index (χ1v) is 19.2. The SMILES string of the molecule is C1=C(c2cc(-c3ccc4c5c(cccc35)-c3ccccc3-4)cc(-c3ccc4c5c(cccc35)-c3ccccc3-4)c2)C=C(c2cccnc2)NC1c1cccnc1. The van der Waals surface area contributed by atoms with Crippen molar-refractivity contribution >= 4 is 32.8 Å². The van der Waals surface area contributed by atoms with Gasteiger partial charge in [-0.2, -0.15) is 0 Å². The van der Waals surface area contributed by atoms with Crippen LogP contribution in [-0.4, -0.2) is 9.97 Å². The first kappa shape index (κ1) is 31.0. The van der Waals surface area contributed by atoms with E-state index in [4.69, 9.17) is 0 Å². The van der Waals surface area contributed by atoms with Gasteiger partial charge in [0.2, 0.25) is 0 Å². The lowest BCUT2D eigenvalue weighted by Gasteiger charge is -2.26. The van der Waals surface area contributed by atoms with Gasteiger partial charge < -0.3 is 5.32 Å². The summed E-state index contributed by atoms with van der Waals surface area (Å²) >= 11 is 0. The van der Waals surface area contributed by atoms with Gasteiger partial charge in [-0.05, 0) is 154 Å². The van der Waals surface area contributed by atoms with E-state index < -0.39 is 0 Å². The van der Waals surface area contributed by atoms with Crippen molar-refractivity contribution < 1.29 is 0 Å². The van der Waals surface area contributed by atoms with E-state index in [9.17, 15) is 0 Å². The molecule has 3 aliphatic rings. The van der Waals surface area contributed by atoms with Crippen LogP contribution in [0.15, 0.2) is 189 Å². The number of aromatic nitrogens is 2. The molecule has 0 spiro atoms. The fraction of sp³-hybridized carbons (Fsp3) is 0.0189. The summed E-state index contributed by atoms with van der Waals surface area (Å²) in [5.41, 5.74) is 20.8. The van der Waals surface area contributed by atoms with Gasteiger partial charge in [0.15, 0.2) is 0 Å². The van der Waals surface area contributed by atoms with E-state index in [2.05, 4.69) is 167 Å². The highest BCUT2D eigenvalue weighted by Gasteiger charge is 2.26. The van der Waals surface area contributed by atoms with Crippen molar-refractivity contribution in [3.63, 3.8) is 0 Å². The van der Waals surface area contributed by atoms with Crippen LogP contribution in [0.2, 0.25) is 0 Å². The smallest absolute Gasteiger partial charge is 0.0722 e. The van der Waals surface area contributed by atoms with Gasteiger partial charge in [0, 0.05) is 36.0 Å². The molecule has 0 amide bonds. The number of pyridine rings is 2. The Balaban J connectivity index is 1.11. The molecule has 7 aromatic carbocycles. The number of hydrogen-bond acceptors (Lipinski definition) is 3. The van der Waals surface area contributed by atoms with Gasteiger partial charge in [0.25, 0.3) is 0 Å². The van der Waals surface area contributed by atoms with Crippen LogP contribution < -0.4 is 5.32 Å². The van der Waals surface area contributed by atoms with Gasteiger partial charge in [0.05, 0.1) is 6.04 Å². The topological polar surface area (TPSA) is 37.8 Å². The Morgan fingerprint density at radius 1 is 0.393 bits per heavy atom. The molecule has 2 aliphatic carbocycles. The molecule has 1 unspecified atom stereocenters. The largest absolute Gasteiger partial charge is 0.374 e. The summed E-state index contributed by atoms with van der Waals surface area (Å²) in [6.07, 6.45) is 12.2. The molecule has 0 fully saturated rings. The zero-order valence-electron chi connectivity index (χ0n) is 30.4. The molecule has 1 N–H and O–H groups in total. The van der Waals surface area contributed by atoms with Crippen LogP contribution in [0.5, 0.6) is 0 Å². The van der Waals surface area contributed by atoms with Crippen LogP contribution in [0, 0.1) is 0 Å². The molecule has 0 bridgehead atoms. The average Bonchev–Trinajstić information content (AvgIpc) is 3.78. The van der Waals surface area contributed by atoms with Gasteiger partial charge in [-0.1, -0.05) is 115 Å². The van der Waals surface area contributed by atoms with Gasteiger partial charge >= 0.3 is 0 Å². The summed E-state index contributed by atoms with van der Waals surface area (Å²) in [6.45, 7) is 0. The Bertz CT molecular complexity index is 2950. The normalized spacial score (nSPS) is 14.6. The fourth-order valence-corrected chi connectivity index (χ4v) is 9.47. The lowest BCUT2D eigenvalue weighted by Crippen LogP contribution is -2.22. The van der Waals surface area contributed by atoms with Gasteiger partial charge in [-0.15, -0.1) is 0 Å². The molecule has 2 aromatic heterocycles. The van der Waals surface area contributed by atoms with Gasteiger partial charge in [-0.3, -0.25) is 9.97 Å². The second kappa shape index (κ2) is 12.1. The monoisotopic (exact) mass is 711 g/mol. The molecule has 0 saturated heterocycles. The minimum absolute atomic E-state index is 0.0726.